The molecule has 1 unspecified atom stereocenters. The van der Waals surface area contributed by atoms with Gasteiger partial charge in [-0.2, -0.15) is 5.26 Å². The van der Waals surface area contributed by atoms with Crippen molar-refractivity contribution in [1.82, 2.24) is 4.90 Å². The van der Waals surface area contributed by atoms with Gasteiger partial charge in [0.25, 0.3) is 5.91 Å². The van der Waals surface area contributed by atoms with Gasteiger partial charge in [-0.3, -0.25) is 9.59 Å². The van der Waals surface area contributed by atoms with Gasteiger partial charge in [-0.25, -0.2) is 0 Å². The zero-order valence-corrected chi connectivity index (χ0v) is 21.1. The number of nitrogens with zero attached hydrogens (tertiary/aromatic N) is 2. The highest BCUT2D eigenvalue weighted by atomic mass is 32.2. The molecular formula is C30H28N2O3S. The van der Waals surface area contributed by atoms with Crippen molar-refractivity contribution in [3.63, 3.8) is 0 Å². The summed E-state index contributed by atoms with van der Waals surface area (Å²) in [6.07, 6.45) is 3.91. The van der Waals surface area contributed by atoms with Crippen LogP contribution in [0.1, 0.15) is 46.4 Å². The Morgan fingerprint density at radius 2 is 1.81 bits per heavy atom. The molecular weight excluding hydrogens is 468 g/mol. The molecule has 1 fully saturated rings. The third kappa shape index (κ3) is 4.52. The van der Waals surface area contributed by atoms with Gasteiger partial charge in [0, 0.05) is 42.8 Å². The number of ketones is 1. The van der Waals surface area contributed by atoms with Gasteiger partial charge in [-0.05, 0) is 60.2 Å². The number of likely N-dealkylation sites (tertiary alicyclic amines) is 1. The summed E-state index contributed by atoms with van der Waals surface area (Å²) in [5, 5.41) is 9.25. The first-order chi connectivity index (χ1) is 17.5. The maximum atomic E-state index is 13.7. The zero-order valence-electron chi connectivity index (χ0n) is 20.3. The lowest BCUT2D eigenvalue weighted by atomic mass is 9.71. The lowest BCUT2D eigenvalue weighted by molar-refractivity contribution is -0.0411. The van der Waals surface area contributed by atoms with Crippen molar-refractivity contribution in [2.75, 3.05) is 19.3 Å². The number of Topliss-reactive ketones (excluding diaryl/α,β-unsaturated/α-hetero) is 1. The van der Waals surface area contributed by atoms with Crippen molar-refractivity contribution in [2.24, 2.45) is 5.92 Å². The smallest absolute Gasteiger partial charge is 0.253 e. The minimum atomic E-state index is -0.714. The van der Waals surface area contributed by atoms with Crippen LogP contribution in [0.4, 0.5) is 0 Å². The van der Waals surface area contributed by atoms with E-state index < -0.39 is 11.5 Å². The molecule has 2 heterocycles. The molecule has 1 spiro atoms. The van der Waals surface area contributed by atoms with Gasteiger partial charge in [0.1, 0.15) is 11.4 Å². The molecule has 0 aromatic heterocycles. The number of hydrogen-bond donors (Lipinski definition) is 0. The van der Waals surface area contributed by atoms with E-state index in [0.717, 1.165) is 11.1 Å². The number of amides is 1. The van der Waals surface area contributed by atoms with E-state index in [-0.39, 0.29) is 11.7 Å². The van der Waals surface area contributed by atoms with E-state index in [4.69, 9.17) is 4.74 Å². The van der Waals surface area contributed by atoms with E-state index in [1.807, 2.05) is 65.8 Å². The average molecular weight is 497 g/mol. The monoisotopic (exact) mass is 496 g/mol. The zero-order chi connectivity index (χ0) is 25.1. The molecule has 0 N–H and O–H groups in total. The highest BCUT2D eigenvalue weighted by molar-refractivity contribution is 7.98. The number of nitriles is 1. The quantitative estimate of drug-likeness (QED) is 0.391. The Kier molecular flexibility index (Phi) is 6.84. The Bertz CT molecular complexity index is 1320. The third-order valence-corrected chi connectivity index (χ3v) is 8.10. The fraction of sp³-hybridized carbons (Fsp3) is 0.300. The molecule has 1 saturated heterocycles. The second-order valence-corrected chi connectivity index (χ2v) is 10.3. The van der Waals surface area contributed by atoms with Crippen molar-refractivity contribution < 1.29 is 14.3 Å². The van der Waals surface area contributed by atoms with Gasteiger partial charge >= 0.3 is 0 Å². The molecule has 0 radical (unpaired) electrons. The van der Waals surface area contributed by atoms with Crippen LogP contribution in [0.2, 0.25) is 0 Å². The number of fused-ring (bicyclic) bond motifs is 1. The predicted molar refractivity (Wildman–Crippen MR) is 141 cm³/mol. The maximum Gasteiger partial charge on any atom is 0.253 e. The van der Waals surface area contributed by atoms with Crippen molar-refractivity contribution in [3.05, 3.63) is 83.9 Å². The summed E-state index contributed by atoms with van der Waals surface area (Å²) in [6, 6.07) is 25.6. The van der Waals surface area contributed by atoms with E-state index in [0.29, 0.717) is 55.6 Å². The number of hydrogen-bond acceptors (Lipinski definition) is 5. The topological polar surface area (TPSA) is 70.4 Å². The SMILES string of the molecule is CSc1cccc(-c2ccc3c(c2)OC2(CCN(C(=O)c4ccccc4)CC2)C(CCC#N)C3=O)c1. The molecule has 5 rings (SSSR count). The van der Waals surface area contributed by atoms with Gasteiger partial charge in [0.2, 0.25) is 0 Å². The summed E-state index contributed by atoms with van der Waals surface area (Å²) >= 11 is 1.69. The van der Waals surface area contributed by atoms with Crippen LogP contribution >= 0.6 is 11.8 Å². The van der Waals surface area contributed by atoms with E-state index in [1.54, 1.807) is 11.8 Å². The Morgan fingerprint density at radius 3 is 2.53 bits per heavy atom. The van der Waals surface area contributed by atoms with Crippen LogP contribution in [0.3, 0.4) is 0 Å². The minimum Gasteiger partial charge on any atom is -0.486 e. The summed E-state index contributed by atoms with van der Waals surface area (Å²) in [4.78, 5) is 29.7. The summed E-state index contributed by atoms with van der Waals surface area (Å²) in [5.74, 6) is 0.240. The Hall–Kier alpha value is -3.56. The highest BCUT2D eigenvalue weighted by Crippen LogP contribution is 2.46. The van der Waals surface area contributed by atoms with Crippen molar-refractivity contribution in [3.8, 4) is 22.9 Å². The highest BCUT2D eigenvalue weighted by Gasteiger charge is 2.51. The van der Waals surface area contributed by atoms with Crippen LogP contribution in [-0.2, 0) is 0 Å². The third-order valence-electron chi connectivity index (χ3n) is 7.38. The molecule has 3 aromatic carbocycles. The van der Waals surface area contributed by atoms with Gasteiger partial charge in [-0.15, -0.1) is 11.8 Å². The number of rotatable bonds is 5. The largest absolute Gasteiger partial charge is 0.486 e. The number of piperidine rings is 1. The number of carbonyl (C=O) groups excluding carboxylic acids is 2. The fourth-order valence-electron chi connectivity index (χ4n) is 5.41. The number of carbonyl (C=O) groups is 2. The molecule has 0 bridgehead atoms. The van der Waals surface area contributed by atoms with Crippen LogP contribution in [0.5, 0.6) is 5.75 Å². The molecule has 3 aromatic rings. The number of ether oxygens (including phenoxy) is 1. The second-order valence-electron chi connectivity index (χ2n) is 9.38. The average Bonchev–Trinajstić information content (AvgIpc) is 2.93. The molecule has 1 amide bonds. The van der Waals surface area contributed by atoms with Gasteiger partial charge < -0.3 is 9.64 Å². The van der Waals surface area contributed by atoms with Crippen molar-refractivity contribution in [2.45, 2.75) is 36.2 Å². The van der Waals surface area contributed by atoms with Gasteiger partial charge in [-0.1, -0.05) is 36.4 Å². The van der Waals surface area contributed by atoms with Crippen molar-refractivity contribution in [1.29, 1.82) is 5.26 Å². The molecule has 1 atom stereocenters. The summed E-state index contributed by atoms with van der Waals surface area (Å²) in [6.45, 7) is 1.02. The second kappa shape index (κ2) is 10.2. The first-order valence-electron chi connectivity index (χ1n) is 12.3. The minimum absolute atomic E-state index is 0.00229. The van der Waals surface area contributed by atoms with E-state index >= 15 is 0 Å². The Labute approximate surface area is 216 Å². The first-order valence-corrected chi connectivity index (χ1v) is 13.5. The molecule has 0 saturated carbocycles. The van der Waals surface area contributed by atoms with E-state index in [9.17, 15) is 14.9 Å². The Balaban J connectivity index is 1.44. The summed E-state index contributed by atoms with van der Waals surface area (Å²) < 4.78 is 6.72. The maximum absolute atomic E-state index is 13.7. The molecule has 36 heavy (non-hydrogen) atoms. The van der Waals surface area contributed by atoms with Gasteiger partial charge in [0.15, 0.2) is 5.78 Å². The van der Waals surface area contributed by atoms with Gasteiger partial charge in [0.05, 0.1) is 17.6 Å². The predicted octanol–water partition coefficient (Wildman–Crippen LogP) is 6.25. The van der Waals surface area contributed by atoms with Crippen LogP contribution in [-0.4, -0.2) is 41.5 Å². The number of benzene rings is 3. The molecule has 2 aliphatic rings. The first kappa shape index (κ1) is 24.1. The molecule has 6 heteroatoms. The molecule has 0 aliphatic carbocycles. The van der Waals surface area contributed by atoms with Crippen molar-refractivity contribution >= 4 is 23.5 Å². The summed E-state index contributed by atoms with van der Waals surface area (Å²) in [7, 11) is 0. The van der Waals surface area contributed by atoms with E-state index in [2.05, 4.69) is 24.3 Å². The van der Waals surface area contributed by atoms with Crippen LogP contribution in [0.15, 0.2) is 77.7 Å². The molecule has 2 aliphatic heterocycles. The van der Waals surface area contributed by atoms with Crippen LogP contribution in [0, 0.1) is 17.2 Å². The lowest BCUT2D eigenvalue weighted by Crippen LogP contribution is -2.57. The normalized spacial score (nSPS) is 18.3. The van der Waals surface area contributed by atoms with E-state index in [1.165, 1.54) is 4.90 Å². The standard InChI is InChI=1S/C30H28N2O3S/c1-36-24-10-5-9-22(19-24)23-12-13-25-27(20-23)35-30(26(28(25)33)11-6-16-31)14-17-32(18-15-30)29(34)21-7-3-2-4-8-21/h2-5,7-10,12-13,19-20,26H,6,11,14-15,17-18H2,1H3. The Morgan fingerprint density at radius 1 is 1.06 bits per heavy atom. The summed E-state index contributed by atoms with van der Waals surface area (Å²) in [5.41, 5.74) is 2.60. The lowest BCUT2D eigenvalue weighted by Gasteiger charge is -2.48. The van der Waals surface area contributed by atoms with Crippen LogP contribution < -0.4 is 4.74 Å². The fourth-order valence-corrected chi connectivity index (χ4v) is 5.87. The van der Waals surface area contributed by atoms with Crippen LogP contribution in [0.25, 0.3) is 11.1 Å². The molecule has 182 valence electrons. The molecule has 5 nitrogen and oxygen atoms in total. The number of thioether (sulfide) groups is 1.